The van der Waals surface area contributed by atoms with Gasteiger partial charge in [0.15, 0.2) is 0 Å². The number of hydrogen-bond donors (Lipinski definition) is 1. The molecule has 0 aromatic carbocycles. The predicted octanol–water partition coefficient (Wildman–Crippen LogP) is 4.90. The van der Waals surface area contributed by atoms with Crippen molar-refractivity contribution in [3.05, 3.63) is 21.4 Å². The molecule has 0 saturated heterocycles. The lowest BCUT2D eigenvalue weighted by atomic mass is 9.80. The Morgan fingerprint density at radius 3 is 2.81 bits per heavy atom. The van der Waals surface area contributed by atoms with Crippen LogP contribution in [-0.2, 0) is 17.9 Å². The summed E-state index contributed by atoms with van der Waals surface area (Å²) in [5, 5.41) is 3.48. The lowest BCUT2D eigenvalue weighted by Crippen LogP contribution is -2.26. The zero-order chi connectivity index (χ0) is 15.2. The molecule has 3 unspecified atom stereocenters. The molecule has 1 aromatic heterocycles. The van der Waals surface area contributed by atoms with Crippen LogP contribution in [0.15, 0.2) is 6.07 Å². The highest BCUT2D eigenvalue weighted by molar-refractivity contribution is 7.12. The molecular formula is C18H31NOS. The first-order valence-electron chi connectivity index (χ1n) is 8.50. The van der Waals surface area contributed by atoms with Crippen molar-refractivity contribution < 1.29 is 4.74 Å². The first-order valence-corrected chi connectivity index (χ1v) is 9.32. The van der Waals surface area contributed by atoms with Crippen LogP contribution in [0.4, 0.5) is 0 Å². The molecule has 1 fully saturated rings. The summed E-state index contributed by atoms with van der Waals surface area (Å²) < 4.78 is 6.19. The largest absolute Gasteiger partial charge is 0.373 e. The minimum Gasteiger partial charge on any atom is -0.373 e. The summed E-state index contributed by atoms with van der Waals surface area (Å²) in [4.78, 5) is 2.85. The predicted molar refractivity (Wildman–Crippen MR) is 91.8 cm³/mol. The molecule has 3 heteroatoms. The summed E-state index contributed by atoms with van der Waals surface area (Å²) in [6.07, 6.45) is 5.45. The molecule has 2 rings (SSSR count). The normalized spacial score (nSPS) is 26.2. The Morgan fingerprint density at radius 2 is 2.10 bits per heavy atom. The summed E-state index contributed by atoms with van der Waals surface area (Å²) in [5.74, 6) is 1.67. The fraction of sp³-hybridized carbons (Fsp3) is 0.778. The van der Waals surface area contributed by atoms with Crippen LogP contribution in [0.1, 0.15) is 61.8 Å². The number of thiophene rings is 1. The number of aryl methyl sites for hydroxylation is 1. The first-order chi connectivity index (χ1) is 10.1. The Kier molecular flexibility index (Phi) is 6.72. The van der Waals surface area contributed by atoms with Gasteiger partial charge in [0, 0.05) is 16.3 Å². The van der Waals surface area contributed by atoms with E-state index in [1.54, 1.807) is 0 Å². The van der Waals surface area contributed by atoms with Crippen LogP contribution in [0.5, 0.6) is 0 Å². The van der Waals surface area contributed by atoms with Crippen LogP contribution in [0, 0.1) is 18.8 Å². The molecule has 21 heavy (non-hydrogen) atoms. The van der Waals surface area contributed by atoms with Crippen LogP contribution in [0.2, 0.25) is 0 Å². The maximum atomic E-state index is 6.19. The van der Waals surface area contributed by atoms with Gasteiger partial charge in [-0.1, -0.05) is 20.8 Å². The van der Waals surface area contributed by atoms with Gasteiger partial charge in [0.25, 0.3) is 0 Å². The third-order valence-corrected chi connectivity index (χ3v) is 5.91. The van der Waals surface area contributed by atoms with Gasteiger partial charge >= 0.3 is 0 Å². The average Bonchev–Trinajstić information content (AvgIpc) is 2.81. The molecule has 1 aromatic rings. The second-order valence-corrected chi connectivity index (χ2v) is 8.01. The number of nitrogens with one attached hydrogen (secondary N) is 1. The second-order valence-electron chi connectivity index (χ2n) is 6.67. The van der Waals surface area contributed by atoms with Gasteiger partial charge in [-0.05, 0) is 62.6 Å². The van der Waals surface area contributed by atoms with Crippen LogP contribution < -0.4 is 5.32 Å². The minimum atomic E-state index is 0.470. The van der Waals surface area contributed by atoms with E-state index in [0.717, 1.165) is 31.5 Å². The maximum Gasteiger partial charge on any atom is 0.0731 e. The molecule has 1 heterocycles. The summed E-state index contributed by atoms with van der Waals surface area (Å²) in [5.41, 5.74) is 1.39. The Bertz CT molecular complexity index is 429. The molecule has 2 nitrogen and oxygen atoms in total. The summed E-state index contributed by atoms with van der Waals surface area (Å²) in [6, 6.07) is 2.33. The second kappa shape index (κ2) is 8.30. The quantitative estimate of drug-likeness (QED) is 0.724. The first kappa shape index (κ1) is 17.0. The van der Waals surface area contributed by atoms with E-state index >= 15 is 0 Å². The van der Waals surface area contributed by atoms with Gasteiger partial charge in [-0.3, -0.25) is 0 Å². The Balaban J connectivity index is 1.80. The maximum absolute atomic E-state index is 6.19. The Labute approximate surface area is 134 Å². The zero-order valence-corrected chi connectivity index (χ0v) is 14.9. The van der Waals surface area contributed by atoms with E-state index in [0.29, 0.717) is 6.10 Å². The van der Waals surface area contributed by atoms with Crippen molar-refractivity contribution in [3.63, 3.8) is 0 Å². The molecule has 0 radical (unpaired) electrons. The minimum absolute atomic E-state index is 0.470. The van der Waals surface area contributed by atoms with Crippen molar-refractivity contribution >= 4 is 11.3 Å². The fourth-order valence-corrected chi connectivity index (χ4v) is 4.08. The highest BCUT2D eigenvalue weighted by Gasteiger charge is 2.25. The summed E-state index contributed by atoms with van der Waals surface area (Å²) in [6.45, 7) is 12.1. The van der Waals surface area contributed by atoms with Crippen molar-refractivity contribution in [1.29, 1.82) is 0 Å². The lowest BCUT2D eigenvalue weighted by Gasteiger charge is -2.31. The number of rotatable bonds is 7. The van der Waals surface area contributed by atoms with Crippen molar-refractivity contribution in [2.24, 2.45) is 11.8 Å². The highest BCUT2D eigenvalue weighted by atomic mass is 32.1. The van der Waals surface area contributed by atoms with Crippen LogP contribution in [0.25, 0.3) is 0 Å². The van der Waals surface area contributed by atoms with Gasteiger partial charge in [-0.15, -0.1) is 11.3 Å². The lowest BCUT2D eigenvalue weighted by molar-refractivity contribution is -0.00749. The molecule has 0 bridgehead atoms. The smallest absolute Gasteiger partial charge is 0.0731 e. The van der Waals surface area contributed by atoms with E-state index in [2.05, 4.69) is 39.1 Å². The van der Waals surface area contributed by atoms with E-state index in [9.17, 15) is 0 Å². The van der Waals surface area contributed by atoms with Crippen molar-refractivity contribution in [2.75, 3.05) is 6.54 Å². The average molecular weight is 310 g/mol. The van der Waals surface area contributed by atoms with Crippen molar-refractivity contribution in [3.8, 4) is 0 Å². The van der Waals surface area contributed by atoms with Gasteiger partial charge in [-0.2, -0.15) is 0 Å². The van der Waals surface area contributed by atoms with Crippen LogP contribution in [-0.4, -0.2) is 12.6 Å². The van der Waals surface area contributed by atoms with Gasteiger partial charge in [0.05, 0.1) is 12.7 Å². The fourth-order valence-electron chi connectivity index (χ4n) is 3.06. The molecule has 0 amide bonds. The third kappa shape index (κ3) is 5.08. The van der Waals surface area contributed by atoms with Gasteiger partial charge in [-0.25, -0.2) is 0 Å². The van der Waals surface area contributed by atoms with Gasteiger partial charge in [0.2, 0.25) is 0 Å². The molecule has 1 aliphatic rings. The van der Waals surface area contributed by atoms with Gasteiger partial charge in [0.1, 0.15) is 0 Å². The number of hydrogen-bond acceptors (Lipinski definition) is 3. The Hall–Kier alpha value is -0.380. The van der Waals surface area contributed by atoms with E-state index in [4.69, 9.17) is 4.74 Å². The summed E-state index contributed by atoms with van der Waals surface area (Å²) in [7, 11) is 0. The monoisotopic (exact) mass is 309 g/mol. The molecular weight excluding hydrogens is 278 g/mol. The molecule has 120 valence electrons. The topological polar surface area (TPSA) is 21.3 Å². The van der Waals surface area contributed by atoms with Crippen LogP contribution >= 0.6 is 11.3 Å². The summed E-state index contributed by atoms with van der Waals surface area (Å²) >= 11 is 1.91. The third-order valence-electron chi connectivity index (χ3n) is 4.82. The van der Waals surface area contributed by atoms with Gasteiger partial charge < -0.3 is 10.1 Å². The van der Waals surface area contributed by atoms with E-state index in [-0.39, 0.29) is 0 Å². The van der Waals surface area contributed by atoms with Crippen molar-refractivity contribution in [1.82, 2.24) is 5.32 Å². The SMILES string of the molecule is CCCNCc1cc(COC2CCC(C)C(C)C2)c(C)s1. The van der Waals surface area contributed by atoms with E-state index < -0.39 is 0 Å². The zero-order valence-electron chi connectivity index (χ0n) is 14.1. The highest BCUT2D eigenvalue weighted by Crippen LogP contribution is 2.32. The molecule has 1 aliphatic carbocycles. The Morgan fingerprint density at radius 1 is 1.29 bits per heavy atom. The van der Waals surface area contributed by atoms with E-state index in [1.165, 1.54) is 41.0 Å². The molecule has 0 spiro atoms. The number of ether oxygens (including phenoxy) is 1. The molecule has 1 N–H and O–H groups in total. The van der Waals surface area contributed by atoms with E-state index in [1.807, 2.05) is 11.3 Å². The molecule has 0 aliphatic heterocycles. The standard InChI is InChI=1S/C18H31NOS/c1-5-8-19-11-18-10-16(15(4)21-18)12-20-17-7-6-13(2)14(3)9-17/h10,13-14,17,19H,5-9,11-12H2,1-4H3. The molecule has 3 atom stereocenters. The van der Waals surface area contributed by atoms with Crippen LogP contribution in [0.3, 0.4) is 0 Å². The van der Waals surface area contributed by atoms with Crippen molar-refractivity contribution in [2.45, 2.75) is 72.6 Å². The molecule has 1 saturated carbocycles.